The summed E-state index contributed by atoms with van der Waals surface area (Å²) in [4.78, 5) is 25.1. The Kier molecular flexibility index (Phi) is 5.52. The van der Waals surface area contributed by atoms with Crippen LogP contribution < -0.4 is 5.32 Å². The van der Waals surface area contributed by atoms with Crippen molar-refractivity contribution in [1.29, 1.82) is 0 Å². The molecule has 2 amide bonds. The van der Waals surface area contributed by atoms with E-state index in [1.54, 1.807) is 4.90 Å². The molecule has 1 aliphatic rings. The number of amides is 2. The molecule has 1 aliphatic heterocycles. The van der Waals surface area contributed by atoms with Crippen molar-refractivity contribution in [3.05, 3.63) is 0 Å². The summed E-state index contributed by atoms with van der Waals surface area (Å²) in [5.41, 5.74) is 0. The lowest BCUT2D eigenvalue weighted by Gasteiger charge is -2.38. The van der Waals surface area contributed by atoms with E-state index in [-0.39, 0.29) is 16.7 Å². The van der Waals surface area contributed by atoms with Gasteiger partial charge in [-0.25, -0.2) is 9.59 Å². The summed E-state index contributed by atoms with van der Waals surface area (Å²) in [6.07, 6.45) is 0.721. The van der Waals surface area contributed by atoms with E-state index in [1.807, 2.05) is 25.6 Å². The highest BCUT2D eigenvalue weighted by Gasteiger charge is 2.32. The number of rotatable bonds is 4. The lowest BCUT2D eigenvalue weighted by molar-refractivity contribution is -0.140. The van der Waals surface area contributed by atoms with Crippen LogP contribution in [0.15, 0.2) is 0 Å². The molecular formula is C13H24N2O3S. The van der Waals surface area contributed by atoms with E-state index in [0.717, 1.165) is 12.2 Å². The number of carbonyl (C=O) groups is 2. The van der Waals surface area contributed by atoms with Crippen molar-refractivity contribution in [3.63, 3.8) is 0 Å². The van der Waals surface area contributed by atoms with Gasteiger partial charge in [-0.3, -0.25) is 0 Å². The maximum absolute atomic E-state index is 12.2. The molecule has 1 saturated heterocycles. The second-order valence-corrected chi connectivity index (χ2v) is 7.48. The van der Waals surface area contributed by atoms with Gasteiger partial charge >= 0.3 is 12.0 Å². The average molecular weight is 288 g/mol. The lowest BCUT2D eigenvalue weighted by Crippen LogP contribution is -2.55. The predicted molar refractivity (Wildman–Crippen MR) is 77.5 cm³/mol. The van der Waals surface area contributed by atoms with Gasteiger partial charge in [-0.1, -0.05) is 20.3 Å². The van der Waals surface area contributed by atoms with Crippen molar-refractivity contribution in [2.45, 2.75) is 44.9 Å². The van der Waals surface area contributed by atoms with Crippen molar-refractivity contribution < 1.29 is 14.7 Å². The maximum atomic E-state index is 12.2. The maximum Gasteiger partial charge on any atom is 0.326 e. The first-order valence-corrected chi connectivity index (χ1v) is 7.67. The Hall–Kier alpha value is -0.910. The first-order chi connectivity index (χ1) is 8.76. The molecule has 2 atom stereocenters. The van der Waals surface area contributed by atoms with Crippen molar-refractivity contribution in [2.24, 2.45) is 5.92 Å². The van der Waals surface area contributed by atoms with E-state index >= 15 is 0 Å². The summed E-state index contributed by atoms with van der Waals surface area (Å²) in [5.74, 6) is -0.149. The average Bonchev–Trinajstić information content (AvgIpc) is 2.33. The number of carboxylic acid groups (broad SMARTS) is 1. The van der Waals surface area contributed by atoms with Crippen LogP contribution in [0.4, 0.5) is 4.79 Å². The molecule has 110 valence electrons. The molecule has 2 N–H and O–H groups in total. The number of aliphatic carboxylic acids is 1. The summed E-state index contributed by atoms with van der Waals surface area (Å²) in [6, 6.07) is -1.07. The van der Waals surface area contributed by atoms with E-state index in [9.17, 15) is 14.7 Å². The van der Waals surface area contributed by atoms with E-state index in [1.165, 1.54) is 0 Å². The fraction of sp³-hybridized carbons (Fsp3) is 0.846. The van der Waals surface area contributed by atoms with E-state index < -0.39 is 12.0 Å². The van der Waals surface area contributed by atoms with Gasteiger partial charge in [0.25, 0.3) is 0 Å². The fourth-order valence-electron chi connectivity index (χ4n) is 2.10. The third-order valence-electron chi connectivity index (χ3n) is 3.47. The monoisotopic (exact) mass is 288 g/mol. The molecule has 0 aromatic rings. The molecule has 2 unspecified atom stereocenters. The Morgan fingerprint density at radius 1 is 1.47 bits per heavy atom. The smallest absolute Gasteiger partial charge is 0.326 e. The summed E-state index contributed by atoms with van der Waals surface area (Å²) in [7, 11) is 0. The summed E-state index contributed by atoms with van der Waals surface area (Å²) in [6.45, 7) is 9.28. The van der Waals surface area contributed by atoms with Gasteiger partial charge in [0.15, 0.2) is 0 Å². The number of nitrogens with one attached hydrogen (secondary N) is 1. The summed E-state index contributed by atoms with van der Waals surface area (Å²) >= 11 is 1.84. The van der Waals surface area contributed by atoms with Gasteiger partial charge in [0.05, 0.1) is 0 Å². The van der Waals surface area contributed by atoms with Crippen molar-refractivity contribution in [3.8, 4) is 0 Å². The minimum atomic E-state index is -0.964. The highest BCUT2D eigenvalue weighted by atomic mass is 32.2. The van der Waals surface area contributed by atoms with Gasteiger partial charge < -0.3 is 15.3 Å². The fourth-order valence-corrected chi connectivity index (χ4v) is 3.21. The molecule has 0 radical (unpaired) electrons. The second-order valence-electron chi connectivity index (χ2n) is 5.68. The minimum Gasteiger partial charge on any atom is -0.480 e. The molecule has 5 nitrogen and oxygen atoms in total. The number of thioether (sulfide) groups is 1. The van der Waals surface area contributed by atoms with Gasteiger partial charge in [-0.15, -0.1) is 0 Å². The number of hydrogen-bond acceptors (Lipinski definition) is 3. The first-order valence-electron chi connectivity index (χ1n) is 6.69. The molecule has 0 spiro atoms. The topological polar surface area (TPSA) is 69.6 Å². The number of nitrogens with zero attached hydrogens (tertiary/aromatic N) is 1. The van der Waals surface area contributed by atoms with Crippen LogP contribution in [0.25, 0.3) is 0 Å². The third-order valence-corrected chi connectivity index (χ3v) is 4.77. The highest BCUT2D eigenvalue weighted by Crippen LogP contribution is 2.29. The van der Waals surface area contributed by atoms with Gasteiger partial charge in [-0.05, 0) is 19.8 Å². The van der Waals surface area contributed by atoms with Crippen LogP contribution in [-0.2, 0) is 4.79 Å². The number of hydrogen-bond donors (Lipinski definition) is 2. The molecule has 1 rings (SSSR count). The summed E-state index contributed by atoms with van der Waals surface area (Å²) in [5, 5.41) is 11.8. The molecule has 0 saturated carbocycles. The molecule has 19 heavy (non-hydrogen) atoms. The number of carbonyl (C=O) groups excluding carboxylic acids is 1. The molecule has 0 aromatic carbocycles. The minimum absolute atomic E-state index is 0.0324. The van der Waals surface area contributed by atoms with Gasteiger partial charge in [-0.2, -0.15) is 11.8 Å². The SMILES string of the molecule is CCC(C)C(NC(=O)N1CCSC(C)(C)C1)C(=O)O. The third kappa shape index (κ3) is 4.60. The van der Waals surface area contributed by atoms with Crippen LogP contribution >= 0.6 is 11.8 Å². The van der Waals surface area contributed by atoms with Crippen LogP contribution in [0.1, 0.15) is 34.1 Å². The number of carboxylic acids is 1. The Bertz CT molecular complexity index is 347. The molecule has 0 aliphatic carbocycles. The van der Waals surface area contributed by atoms with Crippen LogP contribution in [0.3, 0.4) is 0 Å². The molecule has 0 bridgehead atoms. The van der Waals surface area contributed by atoms with Crippen LogP contribution in [-0.4, -0.2) is 51.6 Å². The Balaban J connectivity index is 2.64. The zero-order valence-corrected chi connectivity index (χ0v) is 12.9. The van der Waals surface area contributed by atoms with E-state index in [4.69, 9.17) is 0 Å². The largest absolute Gasteiger partial charge is 0.480 e. The Morgan fingerprint density at radius 2 is 2.11 bits per heavy atom. The number of urea groups is 1. The Morgan fingerprint density at radius 3 is 2.58 bits per heavy atom. The zero-order chi connectivity index (χ0) is 14.6. The van der Waals surface area contributed by atoms with Gasteiger partial charge in [0.1, 0.15) is 6.04 Å². The van der Waals surface area contributed by atoms with Gasteiger partial charge in [0, 0.05) is 23.6 Å². The standard InChI is InChI=1S/C13H24N2O3S/c1-5-9(2)10(11(16)17)14-12(18)15-6-7-19-13(3,4)8-15/h9-10H,5-8H2,1-4H3,(H,14,18)(H,16,17). The normalized spacial score (nSPS) is 21.6. The lowest BCUT2D eigenvalue weighted by atomic mass is 9.99. The summed E-state index contributed by atoms with van der Waals surface area (Å²) < 4.78 is 0.0324. The van der Waals surface area contributed by atoms with Crippen LogP contribution in [0.5, 0.6) is 0 Å². The van der Waals surface area contributed by atoms with Crippen molar-refractivity contribution in [2.75, 3.05) is 18.8 Å². The quantitative estimate of drug-likeness (QED) is 0.830. The molecule has 1 fully saturated rings. The van der Waals surface area contributed by atoms with Crippen LogP contribution in [0.2, 0.25) is 0 Å². The van der Waals surface area contributed by atoms with Gasteiger partial charge in [0.2, 0.25) is 0 Å². The van der Waals surface area contributed by atoms with Crippen molar-refractivity contribution >= 4 is 23.8 Å². The highest BCUT2D eigenvalue weighted by molar-refractivity contribution is 8.00. The molecular weight excluding hydrogens is 264 g/mol. The molecule has 6 heteroatoms. The van der Waals surface area contributed by atoms with E-state index in [0.29, 0.717) is 13.1 Å². The molecule has 1 heterocycles. The van der Waals surface area contributed by atoms with Crippen molar-refractivity contribution in [1.82, 2.24) is 10.2 Å². The predicted octanol–water partition coefficient (Wildman–Crippen LogP) is 2.02. The molecule has 0 aromatic heterocycles. The second kappa shape index (κ2) is 6.50. The van der Waals surface area contributed by atoms with E-state index in [2.05, 4.69) is 19.2 Å². The van der Waals surface area contributed by atoms with Crippen LogP contribution in [0, 0.1) is 5.92 Å². The zero-order valence-electron chi connectivity index (χ0n) is 12.1. The Labute approximate surface area is 119 Å². The first kappa shape index (κ1) is 16.1.